The molecule has 0 radical (unpaired) electrons. The number of hydrogen-bond acceptors (Lipinski definition) is 3. The number of halogens is 2. The molecule has 1 aromatic rings. The summed E-state index contributed by atoms with van der Waals surface area (Å²) in [5.74, 6) is 0. The molecule has 3 nitrogen and oxygen atoms in total. The molecule has 1 aliphatic rings. The van der Waals surface area contributed by atoms with Crippen molar-refractivity contribution in [2.75, 3.05) is 19.8 Å². The maximum Gasteiger partial charge on any atom is 0.0815 e. The highest BCUT2D eigenvalue weighted by molar-refractivity contribution is 6.35. The Morgan fingerprint density at radius 1 is 1.33 bits per heavy atom. The van der Waals surface area contributed by atoms with Crippen molar-refractivity contribution < 1.29 is 9.84 Å². The lowest BCUT2D eigenvalue weighted by atomic mass is 9.93. The van der Waals surface area contributed by atoms with Crippen LogP contribution >= 0.6 is 23.2 Å². The van der Waals surface area contributed by atoms with Crippen LogP contribution in [0.25, 0.3) is 0 Å². The van der Waals surface area contributed by atoms with Crippen molar-refractivity contribution in [3.05, 3.63) is 33.8 Å². The first kappa shape index (κ1) is 17.0. The van der Waals surface area contributed by atoms with Gasteiger partial charge < -0.3 is 15.2 Å². The molecule has 0 aromatic heterocycles. The van der Waals surface area contributed by atoms with Crippen molar-refractivity contribution >= 4 is 23.2 Å². The molecular weight excluding hydrogens is 309 g/mol. The normalized spacial score (nSPS) is 19.4. The van der Waals surface area contributed by atoms with Crippen LogP contribution in [0.3, 0.4) is 0 Å². The summed E-state index contributed by atoms with van der Waals surface area (Å²) in [4.78, 5) is 0. The quantitative estimate of drug-likeness (QED) is 0.828. The molecule has 2 rings (SSSR count). The largest absolute Gasteiger partial charge is 0.388 e. The molecular formula is C16H23Cl2NO2. The molecule has 1 heterocycles. The third-order valence-electron chi connectivity index (χ3n) is 4.02. The van der Waals surface area contributed by atoms with Gasteiger partial charge in [-0.25, -0.2) is 0 Å². The van der Waals surface area contributed by atoms with Gasteiger partial charge in [0.05, 0.1) is 5.60 Å². The Kier molecular flexibility index (Phi) is 6.33. The minimum Gasteiger partial charge on any atom is -0.388 e. The van der Waals surface area contributed by atoms with E-state index in [2.05, 4.69) is 12.2 Å². The Morgan fingerprint density at radius 3 is 2.67 bits per heavy atom. The monoisotopic (exact) mass is 331 g/mol. The first-order chi connectivity index (χ1) is 10.0. The van der Waals surface area contributed by atoms with Gasteiger partial charge in [-0.15, -0.1) is 0 Å². The molecule has 0 amide bonds. The number of nitrogens with one attached hydrogen (secondary N) is 1. The minimum absolute atomic E-state index is 0.131. The van der Waals surface area contributed by atoms with Crippen LogP contribution in [0.1, 0.15) is 44.2 Å². The zero-order chi connectivity index (χ0) is 15.3. The third-order valence-corrected chi connectivity index (χ3v) is 4.58. The van der Waals surface area contributed by atoms with Crippen LogP contribution in [-0.2, 0) is 4.74 Å². The molecule has 0 spiro atoms. The minimum atomic E-state index is -0.677. The van der Waals surface area contributed by atoms with Crippen molar-refractivity contribution in [1.82, 2.24) is 5.32 Å². The van der Waals surface area contributed by atoms with Crippen LogP contribution in [0, 0.1) is 0 Å². The predicted octanol–water partition coefficient (Wildman–Crippen LogP) is 3.97. The second-order valence-electron chi connectivity index (χ2n) is 5.72. The standard InChI is InChI=1S/C16H23Cl2NO2/c1-2-3-15(13-5-4-12(17)10-14(13)18)19-11-16(20)6-8-21-9-7-16/h4-5,10,15,19-20H,2-3,6-9,11H2,1H3. The van der Waals surface area contributed by atoms with E-state index in [0.29, 0.717) is 42.6 Å². The number of hydrogen-bond donors (Lipinski definition) is 2. The van der Waals surface area contributed by atoms with E-state index in [4.69, 9.17) is 27.9 Å². The zero-order valence-electron chi connectivity index (χ0n) is 12.4. The van der Waals surface area contributed by atoms with E-state index >= 15 is 0 Å². The SMILES string of the molecule is CCCC(NCC1(O)CCOCC1)c1ccc(Cl)cc1Cl. The van der Waals surface area contributed by atoms with Gasteiger partial charge in [-0.1, -0.05) is 42.6 Å². The van der Waals surface area contributed by atoms with Gasteiger partial charge in [-0.05, 0) is 24.1 Å². The molecule has 1 aromatic carbocycles. The van der Waals surface area contributed by atoms with Crippen molar-refractivity contribution in [2.24, 2.45) is 0 Å². The fraction of sp³-hybridized carbons (Fsp3) is 0.625. The predicted molar refractivity (Wildman–Crippen MR) is 87.1 cm³/mol. The summed E-state index contributed by atoms with van der Waals surface area (Å²) < 4.78 is 5.31. The van der Waals surface area contributed by atoms with Gasteiger partial charge in [0.25, 0.3) is 0 Å². The van der Waals surface area contributed by atoms with E-state index in [-0.39, 0.29) is 6.04 Å². The fourth-order valence-corrected chi connectivity index (χ4v) is 3.22. The number of benzene rings is 1. The number of ether oxygens (including phenoxy) is 1. The van der Waals surface area contributed by atoms with Crippen LogP contribution in [0.2, 0.25) is 10.0 Å². The van der Waals surface area contributed by atoms with Crippen LogP contribution in [0.15, 0.2) is 18.2 Å². The summed E-state index contributed by atoms with van der Waals surface area (Å²) in [5.41, 5.74) is 0.363. The molecule has 21 heavy (non-hydrogen) atoms. The summed E-state index contributed by atoms with van der Waals surface area (Å²) >= 11 is 12.3. The van der Waals surface area contributed by atoms with Gasteiger partial charge in [0, 0.05) is 48.7 Å². The van der Waals surface area contributed by atoms with E-state index < -0.39 is 5.60 Å². The summed E-state index contributed by atoms with van der Waals surface area (Å²) in [6.07, 6.45) is 3.35. The topological polar surface area (TPSA) is 41.5 Å². The first-order valence-electron chi connectivity index (χ1n) is 7.52. The van der Waals surface area contributed by atoms with Gasteiger partial charge in [0.2, 0.25) is 0 Å². The average molecular weight is 332 g/mol. The van der Waals surface area contributed by atoms with Gasteiger partial charge in [0.15, 0.2) is 0 Å². The maximum absolute atomic E-state index is 10.6. The second-order valence-corrected chi connectivity index (χ2v) is 6.57. The van der Waals surface area contributed by atoms with E-state index in [0.717, 1.165) is 18.4 Å². The average Bonchev–Trinajstić information content (AvgIpc) is 2.45. The second kappa shape index (κ2) is 7.80. The first-order valence-corrected chi connectivity index (χ1v) is 8.28. The summed E-state index contributed by atoms with van der Waals surface area (Å²) in [6.45, 7) is 3.94. The lowest BCUT2D eigenvalue weighted by molar-refractivity contribution is -0.0629. The highest BCUT2D eigenvalue weighted by Crippen LogP contribution is 2.30. The number of rotatable bonds is 6. The highest BCUT2D eigenvalue weighted by Gasteiger charge is 2.30. The Hall–Kier alpha value is -0.320. The maximum atomic E-state index is 10.6. The molecule has 0 saturated carbocycles. The van der Waals surface area contributed by atoms with Crippen molar-refractivity contribution in [1.29, 1.82) is 0 Å². The van der Waals surface area contributed by atoms with Crippen LogP contribution in [-0.4, -0.2) is 30.5 Å². The fourth-order valence-electron chi connectivity index (χ4n) is 2.68. The van der Waals surface area contributed by atoms with Crippen molar-refractivity contribution in [3.63, 3.8) is 0 Å². The van der Waals surface area contributed by atoms with E-state index in [1.807, 2.05) is 12.1 Å². The molecule has 1 fully saturated rings. The van der Waals surface area contributed by atoms with Crippen LogP contribution in [0.4, 0.5) is 0 Å². The van der Waals surface area contributed by atoms with Gasteiger partial charge in [-0.2, -0.15) is 0 Å². The Balaban J connectivity index is 2.04. The van der Waals surface area contributed by atoms with Crippen LogP contribution < -0.4 is 5.32 Å². The molecule has 118 valence electrons. The molecule has 5 heteroatoms. The zero-order valence-corrected chi connectivity index (χ0v) is 13.9. The lowest BCUT2D eigenvalue weighted by Gasteiger charge is -2.34. The molecule has 2 N–H and O–H groups in total. The smallest absolute Gasteiger partial charge is 0.0815 e. The Labute approximate surface area is 136 Å². The van der Waals surface area contributed by atoms with E-state index in [9.17, 15) is 5.11 Å². The molecule has 1 atom stereocenters. The van der Waals surface area contributed by atoms with Crippen molar-refractivity contribution in [3.8, 4) is 0 Å². The molecule has 1 saturated heterocycles. The summed E-state index contributed by atoms with van der Waals surface area (Å²) in [5, 5.41) is 15.3. The molecule has 0 aliphatic carbocycles. The van der Waals surface area contributed by atoms with Gasteiger partial charge in [-0.3, -0.25) is 0 Å². The lowest BCUT2D eigenvalue weighted by Crippen LogP contribution is -2.46. The van der Waals surface area contributed by atoms with Gasteiger partial charge >= 0.3 is 0 Å². The third kappa shape index (κ3) is 4.83. The van der Waals surface area contributed by atoms with Gasteiger partial charge in [0.1, 0.15) is 0 Å². The Morgan fingerprint density at radius 2 is 2.05 bits per heavy atom. The summed E-state index contributed by atoms with van der Waals surface area (Å²) in [7, 11) is 0. The number of aliphatic hydroxyl groups is 1. The molecule has 1 unspecified atom stereocenters. The van der Waals surface area contributed by atoms with Crippen LogP contribution in [0.5, 0.6) is 0 Å². The van der Waals surface area contributed by atoms with Crippen molar-refractivity contribution in [2.45, 2.75) is 44.2 Å². The highest BCUT2D eigenvalue weighted by atomic mass is 35.5. The van der Waals surface area contributed by atoms with E-state index in [1.165, 1.54) is 0 Å². The Bertz CT molecular complexity index is 462. The molecule has 0 bridgehead atoms. The molecule has 1 aliphatic heterocycles. The van der Waals surface area contributed by atoms with E-state index in [1.54, 1.807) is 6.07 Å². The summed E-state index contributed by atoms with van der Waals surface area (Å²) in [6, 6.07) is 5.72.